The van der Waals surface area contributed by atoms with Gasteiger partial charge >= 0.3 is 5.97 Å². The lowest BCUT2D eigenvalue weighted by Gasteiger charge is -2.26. The number of aromatic nitrogens is 1. The van der Waals surface area contributed by atoms with Crippen LogP contribution in [0.4, 0.5) is 10.1 Å². The van der Waals surface area contributed by atoms with Crippen LogP contribution >= 0.6 is 0 Å². The Bertz CT molecular complexity index is 1470. The summed E-state index contributed by atoms with van der Waals surface area (Å²) in [7, 11) is 1.51. The minimum absolute atomic E-state index is 0.111. The van der Waals surface area contributed by atoms with Gasteiger partial charge in [0.1, 0.15) is 11.6 Å². The van der Waals surface area contributed by atoms with Crippen molar-refractivity contribution in [1.82, 2.24) is 4.57 Å². The maximum atomic E-state index is 13.9. The number of carboxylic acid groups (broad SMARTS) is 1. The van der Waals surface area contributed by atoms with Gasteiger partial charge in [0, 0.05) is 64.5 Å². The van der Waals surface area contributed by atoms with Crippen molar-refractivity contribution in [3.63, 3.8) is 0 Å². The lowest BCUT2D eigenvalue weighted by atomic mass is 9.89. The summed E-state index contributed by atoms with van der Waals surface area (Å²) >= 11 is 0. The first-order valence-corrected chi connectivity index (χ1v) is 11.7. The van der Waals surface area contributed by atoms with Crippen LogP contribution in [0.15, 0.2) is 54.6 Å². The van der Waals surface area contributed by atoms with Crippen LogP contribution in [-0.4, -0.2) is 42.2 Å². The largest absolute Gasteiger partial charge is 0.496 e. The molecule has 184 valence electrons. The van der Waals surface area contributed by atoms with Gasteiger partial charge in [0.15, 0.2) is 0 Å². The molecule has 3 aromatic carbocycles. The summed E-state index contributed by atoms with van der Waals surface area (Å²) < 4.78 is 27.3. The topological polar surface area (TPSA) is 111 Å². The molecular formula is C28H26FN3O4. The number of fused-ring (bicyclic) bond motifs is 1. The van der Waals surface area contributed by atoms with E-state index in [0.29, 0.717) is 30.2 Å². The Labute approximate surface area is 207 Å². The van der Waals surface area contributed by atoms with Crippen molar-refractivity contribution in [3.8, 4) is 22.6 Å². The van der Waals surface area contributed by atoms with Gasteiger partial charge in [0.05, 0.1) is 18.2 Å². The third-order valence-corrected chi connectivity index (χ3v) is 6.77. The van der Waals surface area contributed by atoms with Crippen LogP contribution in [0.2, 0.25) is 0 Å². The minimum Gasteiger partial charge on any atom is -0.496 e. The van der Waals surface area contributed by atoms with E-state index in [1.165, 1.54) is 31.5 Å². The zero-order chi connectivity index (χ0) is 25.4. The second-order valence-electron chi connectivity index (χ2n) is 8.82. The number of carbonyl (C=O) groups is 1. The third kappa shape index (κ3) is 3.99. The van der Waals surface area contributed by atoms with Gasteiger partial charge in [-0.2, -0.15) is 0 Å². The number of aromatic carboxylic acids is 1. The smallest absolute Gasteiger partial charge is 0.335 e. The van der Waals surface area contributed by atoms with Gasteiger partial charge in [-0.25, -0.2) is 9.18 Å². The van der Waals surface area contributed by atoms with Gasteiger partial charge in [-0.15, -0.1) is 0 Å². The zero-order valence-electron chi connectivity index (χ0n) is 19.8. The van der Waals surface area contributed by atoms with E-state index in [9.17, 15) is 14.3 Å². The van der Waals surface area contributed by atoms with Crippen LogP contribution in [0.25, 0.3) is 27.7 Å². The highest BCUT2D eigenvalue weighted by Gasteiger charge is 2.29. The predicted molar refractivity (Wildman–Crippen MR) is 137 cm³/mol. The highest BCUT2D eigenvalue weighted by atomic mass is 19.1. The molecule has 5 rings (SSSR count). The highest BCUT2D eigenvalue weighted by Crippen LogP contribution is 2.47. The molecule has 0 saturated carbocycles. The van der Waals surface area contributed by atoms with Crippen molar-refractivity contribution >= 4 is 28.8 Å². The number of rotatable bonds is 6. The Kier molecular flexibility index (Phi) is 6.20. The zero-order valence-corrected chi connectivity index (χ0v) is 19.8. The summed E-state index contributed by atoms with van der Waals surface area (Å²) in [4.78, 5) is 11.6. The molecule has 1 saturated heterocycles. The number of anilines is 1. The summed E-state index contributed by atoms with van der Waals surface area (Å²) in [5.41, 5.74) is 11.7. The lowest BCUT2D eigenvalue weighted by Crippen LogP contribution is -2.17. The van der Waals surface area contributed by atoms with E-state index in [2.05, 4.69) is 4.57 Å². The van der Waals surface area contributed by atoms with Gasteiger partial charge in [-0.05, 0) is 67.4 Å². The number of carboxylic acids is 1. The molecule has 2 heterocycles. The number of methoxy groups -OCH3 is 1. The Hall–Kier alpha value is -4.17. The van der Waals surface area contributed by atoms with Crippen molar-refractivity contribution in [2.75, 3.05) is 26.1 Å². The van der Waals surface area contributed by atoms with Crippen LogP contribution in [-0.2, 0) is 4.74 Å². The fourth-order valence-electron chi connectivity index (χ4n) is 5.05. The number of hydrogen-bond acceptors (Lipinski definition) is 5. The molecule has 0 bridgehead atoms. The first kappa shape index (κ1) is 23.6. The van der Waals surface area contributed by atoms with Gasteiger partial charge in [0.2, 0.25) is 0 Å². The normalized spacial score (nSPS) is 14.2. The SMILES string of the molecule is COc1cc(C(=O)O)ccc1-c1c(C2CCOCC2)n(-c2ccc(F)cc2)c2cc(C=N)c(N)cc12. The van der Waals surface area contributed by atoms with Crippen molar-refractivity contribution in [2.45, 2.75) is 18.8 Å². The molecule has 0 aliphatic carbocycles. The predicted octanol–water partition coefficient (Wildman–Crippen LogP) is 5.62. The highest BCUT2D eigenvalue weighted by molar-refractivity contribution is 6.06. The van der Waals surface area contributed by atoms with E-state index in [-0.39, 0.29) is 17.3 Å². The molecule has 0 spiro atoms. The molecule has 0 atom stereocenters. The van der Waals surface area contributed by atoms with Crippen molar-refractivity contribution in [3.05, 3.63) is 77.2 Å². The quantitative estimate of drug-likeness (QED) is 0.242. The molecule has 0 radical (unpaired) electrons. The summed E-state index contributed by atoms with van der Waals surface area (Å²) in [6, 6.07) is 14.8. The van der Waals surface area contributed by atoms with E-state index < -0.39 is 5.97 Å². The molecule has 4 N–H and O–H groups in total. The fourth-order valence-corrected chi connectivity index (χ4v) is 5.05. The van der Waals surface area contributed by atoms with E-state index in [4.69, 9.17) is 20.6 Å². The molecular weight excluding hydrogens is 461 g/mol. The molecule has 1 aliphatic rings. The average molecular weight is 488 g/mol. The van der Waals surface area contributed by atoms with Crippen LogP contribution in [0.5, 0.6) is 5.75 Å². The molecule has 4 aromatic rings. The standard InChI is InChI=1S/C28H26FN3O4/c1-35-25-13-17(28(33)34)2-7-21(25)26-22-14-23(31)18(15-30)12-24(22)32(20-5-3-19(29)4-6-20)27(26)16-8-10-36-11-9-16/h2-7,12-16,30H,8-11,31H2,1H3,(H,33,34). The van der Waals surface area contributed by atoms with E-state index in [1.807, 2.05) is 12.1 Å². The molecule has 1 fully saturated rings. The van der Waals surface area contributed by atoms with Crippen LogP contribution < -0.4 is 10.5 Å². The number of nitrogens with one attached hydrogen (secondary N) is 1. The number of ether oxygens (including phenoxy) is 2. The Morgan fingerprint density at radius 3 is 2.53 bits per heavy atom. The van der Waals surface area contributed by atoms with Crippen molar-refractivity contribution in [1.29, 1.82) is 5.41 Å². The number of halogens is 1. The van der Waals surface area contributed by atoms with Crippen LogP contribution in [0.1, 0.15) is 40.4 Å². The average Bonchev–Trinajstić information content (AvgIpc) is 3.22. The number of nitrogens with zero attached hydrogens (tertiary/aromatic N) is 1. The van der Waals surface area contributed by atoms with Crippen LogP contribution in [0, 0.1) is 11.2 Å². The van der Waals surface area contributed by atoms with Gasteiger partial charge in [0.25, 0.3) is 0 Å². The van der Waals surface area contributed by atoms with E-state index in [0.717, 1.165) is 46.3 Å². The summed E-state index contributed by atoms with van der Waals surface area (Å²) in [5, 5.41) is 18.2. The second kappa shape index (κ2) is 9.47. The van der Waals surface area contributed by atoms with Crippen LogP contribution in [0.3, 0.4) is 0 Å². The third-order valence-electron chi connectivity index (χ3n) is 6.77. The van der Waals surface area contributed by atoms with Crippen molar-refractivity contribution in [2.24, 2.45) is 0 Å². The number of benzene rings is 3. The minimum atomic E-state index is -1.04. The molecule has 0 unspecified atom stereocenters. The Morgan fingerprint density at radius 2 is 1.89 bits per heavy atom. The number of nitrogen functional groups attached to an aromatic ring is 1. The molecule has 0 amide bonds. The second-order valence-corrected chi connectivity index (χ2v) is 8.82. The van der Waals surface area contributed by atoms with E-state index >= 15 is 0 Å². The number of hydrogen-bond donors (Lipinski definition) is 3. The summed E-state index contributed by atoms with van der Waals surface area (Å²) in [6.45, 7) is 1.22. The van der Waals surface area contributed by atoms with Gasteiger partial charge in [-0.3, -0.25) is 0 Å². The molecule has 7 nitrogen and oxygen atoms in total. The Morgan fingerprint density at radius 1 is 1.17 bits per heavy atom. The number of nitrogens with two attached hydrogens (primary N) is 1. The maximum absolute atomic E-state index is 13.9. The molecule has 8 heteroatoms. The summed E-state index contributed by atoms with van der Waals surface area (Å²) in [6.07, 6.45) is 2.78. The molecule has 36 heavy (non-hydrogen) atoms. The lowest BCUT2D eigenvalue weighted by molar-refractivity contribution is 0.0696. The Balaban J connectivity index is 1.92. The van der Waals surface area contributed by atoms with Gasteiger partial charge in [-0.1, -0.05) is 0 Å². The summed E-state index contributed by atoms with van der Waals surface area (Å²) in [5.74, 6) is -0.840. The molecule has 1 aromatic heterocycles. The fraction of sp³-hybridized carbons (Fsp3) is 0.214. The monoisotopic (exact) mass is 487 g/mol. The van der Waals surface area contributed by atoms with Gasteiger partial charge < -0.3 is 30.3 Å². The van der Waals surface area contributed by atoms with Crippen molar-refractivity contribution < 1.29 is 23.8 Å². The first-order valence-electron chi connectivity index (χ1n) is 11.7. The first-order chi connectivity index (χ1) is 17.4. The van der Waals surface area contributed by atoms with E-state index in [1.54, 1.807) is 24.3 Å². The molecule has 1 aliphatic heterocycles. The maximum Gasteiger partial charge on any atom is 0.335 e.